The lowest BCUT2D eigenvalue weighted by molar-refractivity contribution is -0.118. The molecule has 0 aliphatic heterocycles. The number of carbonyl (C=O) groups excluding carboxylic acids is 2. The molecule has 36 heavy (non-hydrogen) atoms. The minimum atomic E-state index is -0.514. The van der Waals surface area contributed by atoms with Gasteiger partial charge in [0, 0.05) is 12.2 Å². The molecular weight excluding hydrogens is 478 g/mol. The monoisotopic (exact) mass is 503 g/mol. The summed E-state index contributed by atoms with van der Waals surface area (Å²) in [6.45, 7) is 3.89. The molecule has 3 aromatic rings. The molecule has 2 amide bonds. The predicted molar refractivity (Wildman–Crippen MR) is 140 cm³/mol. The van der Waals surface area contributed by atoms with Crippen molar-refractivity contribution in [3.63, 3.8) is 0 Å². The Bertz CT molecular complexity index is 1330. The lowest BCUT2D eigenvalue weighted by atomic mass is 10.1. The first-order valence-electron chi connectivity index (χ1n) is 11.1. The third-order valence-corrected chi connectivity index (χ3v) is 5.51. The second kappa shape index (κ2) is 12.4. The SMILES string of the molecule is COc1cc(/C=C(\C#N)C(=O)NCc2ccccc2)cc(Cl)c1OCC(=O)Nc1ccc(C)cc1C. The van der Waals surface area contributed by atoms with Crippen LogP contribution in [0.3, 0.4) is 0 Å². The molecule has 0 fully saturated rings. The van der Waals surface area contributed by atoms with E-state index in [9.17, 15) is 14.9 Å². The van der Waals surface area contributed by atoms with Crippen LogP contribution in [-0.2, 0) is 16.1 Å². The van der Waals surface area contributed by atoms with Crippen LogP contribution in [0.1, 0.15) is 22.3 Å². The Morgan fingerprint density at radius 2 is 1.83 bits per heavy atom. The number of anilines is 1. The van der Waals surface area contributed by atoms with Gasteiger partial charge in [0.15, 0.2) is 18.1 Å². The Morgan fingerprint density at radius 3 is 2.50 bits per heavy atom. The number of halogens is 1. The molecule has 184 valence electrons. The first kappa shape index (κ1) is 26.3. The van der Waals surface area contributed by atoms with Crippen LogP contribution in [0.25, 0.3) is 6.08 Å². The molecule has 0 heterocycles. The molecule has 0 aromatic heterocycles. The molecule has 0 aliphatic carbocycles. The van der Waals surface area contributed by atoms with Gasteiger partial charge in [-0.25, -0.2) is 0 Å². The van der Waals surface area contributed by atoms with Crippen molar-refractivity contribution < 1.29 is 19.1 Å². The van der Waals surface area contributed by atoms with Crippen LogP contribution in [0.5, 0.6) is 11.5 Å². The van der Waals surface area contributed by atoms with Crippen molar-refractivity contribution in [3.05, 3.63) is 93.5 Å². The van der Waals surface area contributed by atoms with Crippen LogP contribution in [0.15, 0.2) is 66.2 Å². The highest BCUT2D eigenvalue weighted by Crippen LogP contribution is 2.37. The third kappa shape index (κ3) is 7.11. The fourth-order valence-corrected chi connectivity index (χ4v) is 3.70. The molecule has 7 nitrogen and oxygen atoms in total. The number of methoxy groups -OCH3 is 1. The molecule has 0 atom stereocenters. The molecule has 8 heteroatoms. The first-order valence-corrected chi connectivity index (χ1v) is 11.5. The van der Waals surface area contributed by atoms with E-state index < -0.39 is 5.91 Å². The molecule has 0 unspecified atom stereocenters. The van der Waals surface area contributed by atoms with Gasteiger partial charge in [0.1, 0.15) is 11.6 Å². The van der Waals surface area contributed by atoms with Crippen molar-refractivity contribution in [2.75, 3.05) is 19.0 Å². The van der Waals surface area contributed by atoms with Gasteiger partial charge in [-0.15, -0.1) is 0 Å². The largest absolute Gasteiger partial charge is 0.493 e. The standard InChI is InChI=1S/C28H26ClN3O4/c1-18-9-10-24(19(2)11-18)32-26(33)17-36-27-23(29)13-21(14-25(27)35-3)12-22(15-30)28(34)31-16-20-7-5-4-6-8-20/h4-14H,16-17H2,1-3H3,(H,31,34)(H,32,33)/b22-12+. The fourth-order valence-electron chi connectivity index (χ4n) is 3.43. The van der Waals surface area contributed by atoms with Crippen molar-refractivity contribution in [1.29, 1.82) is 5.26 Å². The minimum absolute atomic E-state index is 0.0921. The number of carbonyl (C=O) groups is 2. The number of hydrogen-bond donors (Lipinski definition) is 2. The Kier molecular flexibility index (Phi) is 9.09. The van der Waals surface area contributed by atoms with Crippen molar-refractivity contribution in [2.24, 2.45) is 0 Å². The molecule has 0 saturated heterocycles. The van der Waals surface area contributed by atoms with Gasteiger partial charge in [0.2, 0.25) is 0 Å². The van der Waals surface area contributed by atoms with E-state index in [1.54, 1.807) is 6.07 Å². The van der Waals surface area contributed by atoms with Crippen molar-refractivity contribution in [1.82, 2.24) is 5.32 Å². The zero-order valence-corrected chi connectivity index (χ0v) is 21.0. The summed E-state index contributed by atoms with van der Waals surface area (Å²) >= 11 is 6.40. The number of amides is 2. The van der Waals surface area contributed by atoms with Crippen molar-refractivity contribution in [3.8, 4) is 17.6 Å². The van der Waals surface area contributed by atoms with Gasteiger partial charge in [-0.2, -0.15) is 5.26 Å². The van der Waals surface area contributed by atoms with E-state index in [2.05, 4.69) is 10.6 Å². The Hall–Kier alpha value is -4.28. The lowest BCUT2D eigenvalue weighted by Gasteiger charge is -2.14. The van der Waals surface area contributed by atoms with E-state index in [0.29, 0.717) is 17.8 Å². The van der Waals surface area contributed by atoms with Gasteiger partial charge in [0.25, 0.3) is 11.8 Å². The smallest absolute Gasteiger partial charge is 0.262 e. The molecule has 3 aromatic carbocycles. The number of ether oxygens (including phenoxy) is 2. The molecule has 0 bridgehead atoms. The summed E-state index contributed by atoms with van der Waals surface area (Å²) in [5, 5.41) is 15.2. The maximum Gasteiger partial charge on any atom is 0.262 e. The summed E-state index contributed by atoms with van der Waals surface area (Å²) < 4.78 is 11.0. The zero-order valence-electron chi connectivity index (χ0n) is 20.2. The third-order valence-electron chi connectivity index (χ3n) is 5.23. The molecule has 0 radical (unpaired) electrons. The van der Waals surface area contributed by atoms with Gasteiger partial charge in [0.05, 0.1) is 12.1 Å². The Morgan fingerprint density at radius 1 is 1.08 bits per heavy atom. The Balaban J connectivity index is 1.70. The highest BCUT2D eigenvalue weighted by Gasteiger charge is 2.16. The lowest BCUT2D eigenvalue weighted by Crippen LogP contribution is -2.23. The van der Waals surface area contributed by atoms with Crippen molar-refractivity contribution in [2.45, 2.75) is 20.4 Å². The van der Waals surface area contributed by atoms with E-state index >= 15 is 0 Å². The number of benzene rings is 3. The normalized spacial score (nSPS) is 10.8. The minimum Gasteiger partial charge on any atom is -0.493 e. The molecule has 0 aliphatic rings. The second-order valence-electron chi connectivity index (χ2n) is 8.03. The maximum absolute atomic E-state index is 12.5. The van der Waals surface area contributed by atoms with E-state index in [1.165, 1.54) is 19.3 Å². The molecule has 2 N–H and O–H groups in total. The van der Waals surface area contributed by atoms with Crippen LogP contribution >= 0.6 is 11.6 Å². The Labute approximate surface area is 215 Å². The number of nitrogens with one attached hydrogen (secondary N) is 2. The zero-order chi connectivity index (χ0) is 26.1. The highest BCUT2D eigenvalue weighted by molar-refractivity contribution is 6.32. The van der Waals surface area contributed by atoms with Gasteiger partial charge < -0.3 is 20.1 Å². The number of aryl methyl sites for hydroxylation is 2. The van der Waals surface area contributed by atoms with E-state index in [-0.39, 0.29) is 34.6 Å². The first-order chi connectivity index (χ1) is 17.3. The summed E-state index contributed by atoms with van der Waals surface area (Å²) in [5.74, 6) is -0.431. The number of nitrogens with zero attached hydrogens (tertiary/aromatic N) is 1. The van der Waals surface area contributed by atoms with Crippen molar-refractivity contribution >= 4 is 35.2 Å². The van der Waals surface area contributed by atoms with Gasteiger partial charge in [-0.05, 0) is 54.8 Å². The molecule has 0 spiro atoms. The van der Waals surface area contributed by atoms with E-state index in [0.717, 1.165) is 16.7 Å². The van der Waals surface area contributed by atoms with E-state index in [1.807, 2.05) is 68.4 Å². The maximum atomic E-state index is 12.5. The van der Waals surface area contributed by atoms with Gasteiger partial charge in [-0.1, -0.05) is 59.6 Å². The summed E-state index contributed by atoms with van der Waals surface area (Å²) in [6, 6.07) is 20.1. The van der Waals surface area contributed by atoms with E-state index in [4.69, 9.17) is 21.1 Å². The van der Waals surface area contributed by atoms with Crippen LogP contribution in [0.2, 0.25) is 5.02 Å². The molecule has 3 rings (SSSR count). The number of nitriles is 1. The summed E-state index contributed by atoms with van der Waals surface area (Å²) in [4.78, 5) is 24.9. The highest BCUT2D eigenvalue weighted by atomic mass is 35.5. The van der Waals surface area contributed by atoms with Crippen LogP contribution in [0, 0.1) is 25.2 Å². The van der Waals surface area contributed by atoms with Crippen LogP contribution in [0.4, 0.5) is 5.69 Å². The summed E-state index contributed by atoms with van der Waals surface area (Å²) in [6.07, 6.45) is 1.41. The summed E-state index contributed by atoms with van der Waals surface area (Å²) in [5.41, 5.74) is 4.02. The van der Waals surface area contributed by atoms with Gasteiger partial charge >= 0.3 is 0 Å². The average molecular weight is 504 g/mol. The van der Waals surface area contributed by atoms with Crippen LogP contribution in [-0.4, -0.2) is 25.5 Å². The summed E-state index contributed by atoms with van der Waals surface area (Å²) in [7, 11) is 1.43. The van der Waals surface area contributed by atoms with Gasteiger partial charge in [-0.3, -0.25) is 9.59 Å². The topological polar surface area (TPSA) is 100 Å². The predicted octanol–water partition coefficient (Wildman–Crippen LogP) is 5.21. The van der Waals surface area contributed by atoms with Crippen LogP contribution < -0.4 is 20.1 Å². The second-order valence-corrected chi connectivity index (χ2v) is 8.43. The molecule has 0 saturated carbocycles. The number of hydrogen-bond acceptors (Lipinski definition) is 5. The molecular formula is C28H26ClN3O4. The average Bonchev–Trinajstić information content (AvgIpc) is 2.87. The number of rotatable bonds is 9. The quantitative estimate of drug-likeness (QED) is 0.308. The fraction of sp³-hybridized carbons (Fsp3) is 0.179.